The van der Waals surface area contributed by atoms with E-state index in [1.165, 1.54) is 5.56 Å². The second kappa shape index (κ2) is 4.43. The van der Waals surface area contributed by atoms with E-state index in [1.54, 1.807) is 6.08 Å². The van der Waals surface area contributed by atoms with Crippen molar-refractivity contribution in [2.75, 3.05) is 0 Å². The van der Waals surface area contributed by atoms with Crippen molar-refractivity contribution in [2.24, 2.45) is 0 Å². The van der Waals surface area contributed by atoms with Gasteiger partial charge in [0.05, 0.1) is 0 Å². The fraction of sp³-hybridized carbons (Fsp3) is 0.357. The third-order valence-corrected chi connectivity index (χ3v) is 2.52. The number of benzene rings is 1. The lowest BCUT2D eigenvalue weighted by atomic mass is 9.86. The first-order valence-electron chi connectivity index (χ1n) is 5.18. The van der Waals surface area contributed by atoms with E-state index in [2.05, 4.69) is 45.0 Å². The van der Waals surface area contributed by atoms with Gasteiger partial charge in [-0.15, -0.1) is 0 Å². The zero-order valence-corrected chi connectivity index (χ0v) is 9.87. The Morgan fingerprint density at radius 2 is 1.67 bits per heavy atom. The van der Waals surface area contributed by atoms with E-state index in [0.717, 1.165) is 17.4 Å². The summed E-state index contributed by atoms with van der Waals surface area (Å²) >= 11 is 0. The van der Waals surface area contributed by atoms with Gasteiger partial charge in [-0.05, 0) is 35.1 Å². The molecule has 1 aromatic rings. The van der Waals surface area contributed by atoms with Crippen LogP contribution in [0.5, 0.6) is 0 Å². The molecule has 0 aliphatic heterocycles. The minimum Gasteiger partial charge on any atom is -0.299 e. The first-order chi connectivity index (χ1) is 6.95. The number of aldehydes is 1. The quantitative estimate of drug-likeness (QED) is 0.529. The lowest BCUT2D eigenvalue weighted by Crippen LogP contribution is -2.10. The number of carbonyl (C=O) groups excluding carboxylic acids is 1. The number of carbonyl (C=O) groups is 1. The summed E-state index contributed by atoms with van der Waals surface area (Å²) < 4.78 is 0. The van der Waals surface area contributed by atoms with Crippen molar-refractivity contribution in [3.8, 4) is 0 Å². The summed E-state index contributed by atoms with van der Waals surface area (Å²) in [4.78, 5) is 10.3. The van der Waals surface area contributed by atoms with Crippen molar-refractivity contribution in [1.82, 2.24) is 0 Å². The Bertz CT molecular complexity index is 363. The van der Waals surface area contributed by atoms with Crippen LogP contribution in [0.25, 0.3) is 5.57 Å². The van der Waals surface area contributed by atoms with Crippen LogP contribution >= 0.6 is 0 Å². The fourth-order valence-corrected chi connectivity index (χ4v) is 1.43. The molecule has 1 nitrogen and oxygen atoms in total. The van der Waals surface area contributed by atoms with Crippen LogP contribution in [0.15, 0.2) is 30.3 Å². The molecule has 0 bridgehead atoms. The summed E-state index contributed by atoms with van der Waals surface area (Å²) in [6.07, 6.45) is 2.42. The van der Waals surface area contributed by atoms with Crippen LogP contribution in [-0.4, -0.2) is 6.29 Å². The minimum atomic E-state index is 0.181. The maximum absolute atomic E-state index is 10.3. The van der Waals surface area contributed by atoms with Crippen molar-refractivity contribution in [3.63, 3.8) is 0 Å². The molecule has 0 saturated heterocycles. The van der Waals surface area contributed by atoms with E-state index in [9.17, 15) is 4.79 Å². The highest BCUT2D eigenvalue weighted by molar-refractivity contribution is 5.80. The molecule has 1 rings (SSSR count). The molecule has 15 heavy (non-hydrogen) atoms. The number of hydrogen-bond donors (Lipinski definition) is 0. The van der Waals surface area contributed by atoms with Crippen molar-refractivity contribution in [2.45, 2.75) is 33.1 Å². The average Bonchev–Trinajstić information content (AvgIpc) is 2.17. The lowest BCUT2D eigenvalue weighted by molar-refractivity contribution is -0.104. The normalized spacial score (nSPS) is 12.7. The van der Waals surface area contributed by atoms with Gasteiger partial charge in [0, 0.05) is 0 Å². The molecule has 0 radical (unpaired) electrons. The Morgan fingerprint density at radius 3 is 2.07 bits per heavy atom. The van der Waals surface area contributed by atoms with Gasteiger partial charge in [0.25, 0.3) is 0 Å². The third-order valence-electron chi connectivity index (χ3n) is 2.52. The number of rotatable bonds is 2. The van der Waals surface area contributed by atoms with Crippen LogP contribution in [0.1, 0.15) is 38.8 Å². The Balaban J connectivity index is 3.00. The SMILES string of the molecule is C/C(=C\C=O)c1ccc(C(C)(C)C)cc1. The number of hydrogen-bond acceptors (Lipinski definition) is 1. The molecule has 0 unspecified atom stereocenters. The van der Waals surface area contributed by atoms with Crippen LogP contribution in [-0.2, 0) is 10.2 Å². The van der Waals surface area contributed by atoms with E-state index in [0.29, 0.717) is 0 Å². The summed E-state index contributed by atoms with van der Waals surface area (Å²) in [5.74, 6) is 0. The van der Waals surface area contributed by atoms with Gasteiger partial charge in [-0.2, -0.15) is 0 Å². The molecular formula is C14H18O. The van der Waals surface area contributed by atoms with Crippen LogP contribution in [0, 0.1) is 0 Å². The van der Waals surface area contributed by atoms with E-state index < -0.39 is 0 Å². The Hall–Kier alpha value is -1.37. The van der Waals surface area contributed by atoms with Gasteiger partial charge in [-0.25, -0.2) is 0 Å². The highest BCUT2D eigenvalue weighted by Crippen LogP contribution is 2.23. The Morgan fingerprint density at radius 1 is 1.13 bits per heavy atom. The zero-order chi connectivity index (χ0) is 11.5. The Kier molecular flexibility index (Phi) is 3.46. The highest BCUT2D eigenvalue weighted by Gasteiger charge is 2.12. The fourth-order valence-electron chi connectivity index (χ4n) is 1.43. The molecule has 0 aliphatic rings. The van der Waals surface area contributed by atoms with Gasteiger partial charge < -0.3 is 0 Å². The molecule has 0 heterocycles. The summed E-state index contributed by atoms with van der Waals surface area (Å²) in [6, 6.07) is 8.38. The molecular weight excluding hydrogens is 184 g/mol. The maximum atomic E-state index is 10.3. The van der Waals surface area contributed by atoms with Crippen LogP contribution in [0.2, 0.25) is 0 Å². The van der Waals surface area contributed by atoms with E-state index in [1.807, 2.05) is 6.92 Å². The summed E-state index contributed by atoms with van der Waals surface area (Å²) in [5.41, 5.74) is 3.60. The van der Waals surface area contributed by atoms with Gasteiger partial charge >= 0.3 is 0 Å². The van der Waals surface area contributed by atoms with Crippen molar-refractivity contribution in [1.29, 1.82) is 0 Å². The van der Waals surface area contributed by atoms with E-state index >= 15 is 0 Å². The zero-order valence-electron chi connectivity index (χ0n) is 9.87. The van der Waals surface area contributed by atoms with Gasteiger partial charge in [-0.3, -0.25) is 4.79 Å². The van der Waals surface area contributed by atoms with E-state index in [-0.39, 0.29) is 5.41 Å². The monoisotopic (exact) mass is 202 g/mol. The molecule has 1 heteroatoms. The Labute approximate surface area is 91.8 Å². The smallest absolute Gasteiger partial charge is 0.143 e. The van der Waals surface area contributed by atoms with Crippen molar-refractivity contribution >= 4 is 11.9 Å². The molecule has 0 N–H and O–H groups in total. The van der Waals surface area contributed by atoms with Crippen LogP contribution in [0.4, 0.5) is 0 Å². The first-order valence-corrected chi connectivity index (χ1v) is 5.18. The molecule has 0 fully saturated rings. The third kappa shape index (κ3) is 3.05. The van der Waals surface area contributed by atoms with Gasteiger partial charge in [0.15, 0.2) is 0 Å². The van der Waals surface area contributed by atoms with Crippen LogP contribution in [0.3, 0.4) is 0 Å². The molecule has 0 amide bonds. The van der Waals surface area contributed by atoms with Gasteiger partial charge in [0.1, 0.15) is 6.29 Å². The highest BCUT2D eigenvalue weighted by atomic mass is 16.1. The molecule has 0 aromatic heterocycles. The molecule has 0 aliphatic carbocycles. The molecule has 80 valence electrons. The molecule has 1 aromatic carbocycles. The molecule has 0 spiro atoms. The van der Waals surface area contributed by atoms with Gasteiger partial charge in [-0.1, -0.05) is 45.0 Å². The van der Waals surface area contributed by atoms with Crippen molar-refractivity contribution < 1.29 is 4.79 Å². The summed E-state index contributed by atoms with van der Waals surface area (Å²) in [6.45, 7) is 8.52. The second-order valence-electron chi connectivity index (χ2n) is 4.81. The van der Waals surface area contributed by atoms with Crippen molar-refractivity contribution in [3.05, 3.63) is 41.5 Å². The first kappa shape index (κ1) is 11.7. The standard InChI is InChI=1S/C14H18O/c1-11(9-10-15)12-5-7-13(8-6-12)14(2,3)4/h5-10H,1-4H3/b11-9+. The lowest BCUT2D eigenvalue weighted by Gasteiger charge is -2.19. The summed E-state index contributed by atoms with van der Waals surface area (Å²) in [7, 11) is 0. The predicted octanol–water partition coefficient (Wildman–Crippen LogP) is 3.59. The molecule has 0 atom stereocenters. The van der Waals surface area contributed by atoms with E-state index in [4.69, 9.17) is 0 Å². The predicted molar refractivity (Wildman–Crippen MR) is 64.9 cm³/mol. The average molecular weight is 202 g/mol. The topological polar surface area (TPSA) is 17.1 Å². The largest absolute Gasteiger partial charge is 0.299 e. The molecule has 0 saturated carbocycles. The number of allylic oxidation sites excluding steroid dienone is 2. The summed E-state index contributed by atoms with van der Waals surface area (Å²) in [5, 5.41) is 0. The van der Waals surface area contributed by atoms with Crippen LogP contribution < -0.4 is 0 Å². The minimum absolute atomic E-state index is 0.181. The second-order valence-corrected chi connectivity index (χ2v) is 4.81. The van der Waals surface area contributed by atoms with Gasteiger partial charge in [0.2, 0.25) is 0 Å². The maximum Gasteiger partial charge on any atom is 0.143 e.